The minimum atomic E-state index is -1.07. The van der Waals surface area contributed by atoms with Crippen molar-refractivity contribution in [1.82, 2.24) is 4.90 Å². The molecule has 2 N–H and O–H groups in total. The molecule has 0 aromatic rings. The van der Waals surface area contributed by atoms with Gasteiger partial charge in [-0.25, -0.2) is 4.79 Å². The summed E-state index contributed by atoms with van der Waals surface area (Å²) in [6.45, 7) is 3.38. The fourth-order valence-electron chi connectivity index (χ4n) is 1.31. The van der Waals surface area contributed by atoms with Crippen molar-refractivity contribution in [2.45, 2.75) is 32.7 Å². The molecule has 0 heterocycles. The van der Waals surface area contributed by atoms with Gasteiger partial charge in [0.05, 0.1) is 0 Å². The maximum Gasteiger partial charge on any atom is 0.326 e. The van der Waals surface area contributed by atoms with Gasteiger partial charge in [0.15, 0.2) is 0 Å². The van der Waals surface area contributed by atoms with Gasteiger partial charge in [-0.3, -0.25) is 4.79 Å². The van der Waals surface area contributed by atoms with Crippen molar-refractivity contribution in [1.29, 1.82) is 0 Å². The predicted octanol–water partition coefficient (Wildman–Crippen LogP) is 0.0805. The van der Waals surface area contributed by atoms with Crippen molar-refractivity contribution in [3.05, 3.63) is 0 Å². The number of rotatable bonds is 6. The molecule has 14 heavy (non-hydrogen) atoms. The van der Waals surface area contributed by atoms with E-state index in [0.29, 0.717) is 13.0 Å². The zero-order chi connectivity index (χ0) is 11.1. The minimum Gasteiger partial charge on any atom is -0.480 e. The molecule has 0 aliphatic heterocycles. The summed E-state index contributed by atoms with van der Waals surface area (Å²) in [5, 5.41) is 17.5. The average Bonchev–Trinajstić information content (AvgIpc) is 2.10. The predicted molar refractivity (Wildman–Crippen MR) is 50.8 cm³/mol. The van der Waals surface area contributed by atoms with Crippen LogP contribution in [0, 0.1) is 0 Å². The first-order valence-electron chi connectivity index (χ1n) is 4.65. The van der Waals surface area contributed by atoms with E-state index in [1.807, 2.05) is 6.92 Å². The Bertz CT molecular complexity index is 183. The summed E-state index contributed by atoms with van der Waals surface area (Å²) in [6.07, 6.45) is 0.781. The molecule has 0 aromatic heterocycles. The van der Waals surface area contributed by atoms with E-state index in [1.165, 1.54) is 11.8 Å². The summed E-state index contributed by atoms with van der Waals surface area (Å²) in [7, 11) is 0. The van der Waals surface area contributed by atoms with Crippen LogP contribution >= 0.6 is 0 Å². The summed E-state index contributed by atoms with van der Waals surface area (Å²) in [5.74, 6) is -1.34. The van der Waals surface area contributed by atoms with Crippen LogP contribution in [-0.2, 0) is 9.59 Å². The summed E-state index contributed by atoms with van der Waals surface area (Å²) < 4.78 is 0. The number of carboxylic acid groups (broad SMARTS) is 1. The molecule has 0 aromatic carbocycles. The number of aliphatic hydroxyl groups is 1. The highest BCUT2D eigenvalue weighted by Crippen LogP contribution is 2.06. The SMILES string of the molecule is CCCN(C(C)=O)[C@@H](CCO)C(=O)O. The summed E-state index contributed by atoms with van der Waals surface area (Å²) in [5.41, 5.74) is 0. The van der Waals surface area contributed by atoms with Gasteiger partial charge in [0, 0.05) is 26.5 Å². The topological polar surface area (TPSA) is 77.8 Å². The Morgan fingerprint density at radius 2 is 2.00 bits per heavy atom. The van der Waals surface area contributed by atoms with E-state index in [1.54, 1.807) is 0 Å². The Morgan fingerprint density at radius 1 is 1.43 bits per heavy atom. The number of amides is 1. The smallest absolute Gasteiger partial charge is 0.326 e. The van der Waals surface area contributed by atoms with Crippen LogP contribution in [0.4, 0.5) is 0 Å². The Balaban J connectivity index is 4.54. The monoisotopic (exact) mass is 203 g/mol. The van der Waals surface area contributed by atoms with Gasteiger partial charge >= 0.3 is 5.97 Å². The second-order valence-electron chi connectivity index (χ2n) is 3.08. The highest BCUT2D eigenvalue weighted by atomic mass is 16.4. The molecule has 0 saturated heterocycles. The molecular formula is C9H17NO4. The second kappa shape index (κ2) is 6.37. The average molecular weight is 203 g/mol. The van der Waals surface area contributed by atoms with Crippen LogP contribution in [0.2, 0.25) is 0 Å². The number of aliphatic hydroxyl groups excluding tert-OH is 1. The van der Waals surface area contributed by atoms with Crippen molar-refractivity contribution in [2.75, 3.05) is 13.2 Å². The Labute approximate surface area is 83.3 Å². The Hall–Kier alpha value is -1.10. The van der Waals surface area contributed by atoms with Crippen molar-refractivity contribution < 1.29 is 19.8 Å². The van der Waals surface area contributed by atoms with Crippen LogP contribution < -0.4 is 0 Å². The van der Waals surface area contributed by atoms with Gasteiger partial charge in [0.25, 0.3) is 0 Å². The maximum absolute atomic E-state index is 11.1. The third-order valence-electron chi connectivity index (χ3n) is 1.93. The molecule has 0 aliphatic rings. The minimum absolute atomic E-state index is 0.0783. The highest BCUT2D eigenvalue weighted by Gasteiger charge is 2.26. The first-order valence-corrected chi connectivity index (χ1v) is 4.65. The summed E-state index contributed by atoms with van der Waals surface area (Å²) in [6, 6.07) is -0.905. The lowest BCUT2D eigenvalue weighted by Gasteiger charge is -2.26. The van der Waals surface area contributed by atoms with Crippen LogP contribution in [0.3, 0.4) is 0 Å². The largest absolute Gasteiger partial charge is 0.480 e. The van der Waals surface area contributed by atoms with Gasteiger partial charge in [0.2, 0.25) is 5.91 Å². The van der Waals surface area contributed by atoms with E-state index < -0.39 is 12.0 Å². The molecule has 0 rings (SSSR count). The Morgan fingerprint density at radius 3 is 2.29 bits per heavy atom. The van der Waals surface area contributed by atoms with E-state index in [4.69, 9.17) is 10.2 Å². The molecule has 0 radical (unpaired) electrons. The van der Waals surface area contributed by atoms with E-state index in [-0.39, 0.29) is 18.9 Å². The van der Waals surface area contributed by atoms with Gasteiger partial charge in [-0.05, 0) is 6.42 Å². The third kappa shape index (κ3) is 3.74. The van der Waals surface area contributed by atoms with Crippen molar-refractivity contribution in [2.24, 2.45) is 0 Å². The van der Waals surface area contributed by atoms with Gasteiger partial charge in [0.1, 0.15) is 6.04 Å². The lowest BCUT2D eigenvalue weighted by molar-refractivity contribution is -0.150. The molecular weight excluding hydrogens is 186 g/mol. The van der Waals surface area contributed by atoms with E-state index in [2.05, 4.69) is 0 Å². The Kier molecular flexibility index (Phi) is 5.87. The molecule has 0 fully saturated rings. The van der Waals surface area contributed by atoms with Crippen LogP contribution in [0.1, 0.15) is 26.7 Å². The molecule has 0 saturated carbocycles. The molecule has 0 unspecified atom stereocenters. The van der Waals surface area contributed by atoms with Gasteiger partial charge < -0.3 is 15.1 Å². The lowest BCUT2D eigenvalue weighted by atomic mass is 10.1. The highest BCUT2D eigenvalue weighted by molar-refractivity contribution is 5.82. The normalized spacial score (nSPS) is 12.2. The van der Waals surface area contributed by atoms with E-state index in [9.17, 15) is 9.59 Å². The van der Waals surface area contributed by atoms with Crippen molar-refractivity contribution in [3.63, 3.8) is 0 Å². The quantitative estimate of drug-likeness (QED) is 0.641. The van der Waals surface area contributed by atoms with E-state index in [0.717, 1.165) is 0 Å². The number of carbonyl (C=O) groups is 2. The number of nitrogens with zero attached hydrogens (tertiary/aromatic N) is 1. The molecule has 1 atom stereocenters. The van der Waals surface area contributed by atoms with Crippen LogP contribution in [-0.4, -0.2) is 46.2 Å². The van der Waals surface area contributed by atoms with E-state index >= 15 is 0 Å². The fraction of sp³-hybridized carbons (Fsp3) is 0.778. The molecule has 1 amide bonds. The number of carbonyl (C=O) groups excluding carboxylic acids is 1. The number of carboxylic acids is 1. The lowest BCUT2D eigenvalue weighted by Crippen LogP contribution is -2.45. The van der Waals surface area contributed by atoms with Gasteiger partial charge in [-0.2, -0.15) is 0 Å². The molecule has 82 valence electrons. The zero-order valence-electron chi connectivity index (χ0n) is 8.56. The van der Waals surface area contributed by atoms with Gasteiger partial charge in [-0.15, -0.1) is 0 Å². The number of aliphatic carboxylic acids is 1. The molecule has 5 heteroatoms. The summed E-state index contributed by atoms with van der Waals surface area (Å²) in [4.78, 5) is 23.2. The summed E-state index contributed by atoms with van der Waals surface area (Å²) >= 11 is 0. The molecule has 0 bridgehead atoms. The van der Waals surface area contributed by atoms with Crippen molar-refractivity contribution in [3.8, 4) is 0 Å². The van der Waals surface area contributed by atoms with Crippen LogP contribution in [0.5, 0.6) is 0 Å². The number of hydrogen-bond donors (Lipinski definition) is 2. The molecule has 5 nitrogen and oxygen atoms in total. The first-order chi connectivity index (χ1) is 6.54. The van der Waals surface area contributed by atoms with Gasteiger partial charge in [-0.1, -0.05) is 6.92 Å². The second-order valence-corrected chi connectivity index (χ2v) is 3.08. The fourth-order valence-corrected chi connectivity index (χ4v) is 1.31. The third-order valence-corrected chi connectivity index (χ3v) is 1.93. The molecule has 0 aliphatic carbocycles. The first kappa shape index (κ1) is 12.9. The molecule has 0 spiro atoms. The number of hydrogen-bond acceptors (Lipinski definition) is 3. The zero-order valence-corrected chi connectivity index (χ0v) is 8.56. The van der Waals surface area contributed by atoms with Crippen LogP contribution in [0.25, 0.3) is 0 Å². The maximum atomic E-state index is 11.1. The standard InChI is InChI=1S/C9H17NO4/c1-3-5-10(7(2)12)8(4-6-11)9(13)14/h8,11H,3-6H2,1-2H3,(H,13,14)/t8-/m0/s1. The van der Waals surface area contributed by atoms with Crippen molar-refractivity contribution >= 4 is 11.9 Å². The van der Waals surface area contributed by atoms with Crippen LogP contribution in [0.15, 0.2) is 0 Å².